The number of carbonyl (C=O) groups excluding carboxylic acids is 1. The van der Waals surface area contributed by atoms with Gasteiger partial charge in [-0.2, -0.15) is 10.2 Å². The van der Waals surface area contributed by atoms with Gasteiger partial charge in [0.05, 0.1) is 40.4 Å². The third kappa shape index (κ3) is 5.24. The van der Waals surface area contributed by atoms with E-state index in [4.69, 9.17) is 23.2 Å². The first-order valence-corrected chi connectivity index (χ1v) is 12.9. The summed E-state index contributed by atoms with van der Waals surface area (Å²) in [7, 11) is 0. The number of aryl methyl sites for hydroxylation is 2. The number of fused-ring (bicyclic) bond motifs is 1. The van der Waals surface area contributed by atoms with Gasteiger partial charge in [-0.1, -0.05) is 59.6 Å². The quantitative estimate of drug-likeness (QED) is 0.226. The number of alkyl halides is 2. The van der Waals surface area contributed by atoms with Crippen molar-refractivity contribution in [3.8, 4) is 11.3 Å². The van der Waals surface area contributed by atoms with E-state index in [9.17, 15) is 13.6 Å². The highest BCUT2D eigenvalue weighted by atomic mass is 35.5. The van der Waals surface area contributed by atoms with E-state index in [1.165, 1.54) is 10.7 Å². The first kappa shape index (κ1) is 26.8. The third-order valence-corrected chi connectivity index (χ3v) is 7.23. The largest absolute Gasteiger partial charge is 0.321 e. The van der Waals surface area contributed by atoms with Crippen molar-refractivity contribution in [3.05, 3.63) is 92.9 Å². The molecule has 1 amide bonds. The van der Waals surface area contributed by atoms with Crippen LogP contribution in [0.4, 0.5) is 14.5 Å². The van der Waals surface area contributed by atoms with Gasteiger partial charge in [0.2, 0.25) is 5.91 Å². The van der Waals surface area contributed by atoms with Crippen molar-refractivity contribution in [2.75, 3.05) is 5.32 Å². The zero-order chi connectivity index (χ0) is 27.8. The van der Waals surface area contributed by atoms with Crippen molar-refractivity contribution >= 4 is 45.8 Å². The van der Waals surface area contributed by atoms with Gasteiger partial charge in [0.25, 0.3) is 6.43 Å². The summed E-state index contributed by atoms with van der Waals surface area (Å²) in [5.41, 5.74) is 4.07. The molecule has 0 aliphatic heterocycles. The fourth-order valence-electron chi connectivity index (χ4n) is 4.61. The Balaban J connectivity index is 1.45. The van der Waals surface area contributed by atoms with Crippen LogP contribution in [0.5, 0.6) is 0 Å². The monoisotopic (exact) mass is 568 g/mol. The summed E-state index contributed by atoms with van der Waals surface area (Å²) < 4.78 is 31.2. The molecule has 0 radical (unpaired) electrons. The fraction of sp³-hybridized carbons (Fsp3) is 0.214. The number of hydrogen-bond donors (Lipinski definition) is 1. The van der Waals surface area contributed by atoms with Crippen LogP contribution in [0.2, 0.25) is 10.0 Å². The van der Waals surface area contributed by atoms with Crippen molar-refractivity contribution in [2.45, 2.75) is 40.3 Å². The van der Waals surface area contributed by atoms with Gasteiger partial charge in [0.15, 0.2) is 5.65 Å². The molecule has 0 aliphatic rings. The number of nitrogens with one attached hydrogen (secondary N) is 1. The zero-order valence-corrected chi connectivity index (χ0v) is 22.9. The lowest BCUT2D eigenvalue weighted by Crippen LogP contribution is -2.20. The van der Waals surface area contributed by atoms with Gasteiger partial charge in [-0.3, -0.25) is 9.48 Å². The second kappa shape index (κ2) is 10.7. The molecule has 5 rings (SSSR count). The normalized spacial score (nSPS) is 11.5. The van der Waals surface area contributed by atoms with E-state index >= 15 is 0 Å². The average molecular weight is 569 g/mol. The van der Waals surface area contributed by atoms with E-state index in [-0.39, 0.29) is 23.1 Å². The average Bonchev–Trinajstić information content (AvgIpc) is 3.36. The molecular weight excluding hydrogens is 545 g/mol. The summed E-state index contributed by atoms with van der Waals surface area (Å²) in [5.74, 6) is -0.397. The number of halogens is 4. The maximum atomic E-state index is 14.1. The van der Waals surface area contributed by atoms with Crippen LogP contribution in [0.25, 0.3) is 22.3 Å². The van der Waals surface area contributed by atoms with Crippen LogP contribution in [0.3, 0.4) is 0 Å². The van der Waals surface area contributed by atoms with E-state index in [1.54, 1.807) is 48.9 Å². The first-order chi connectivity index (χ1) is 18.6. The highest BCUT2D eigenvalue weighted by molar-refractivity contribution is 6.36. The van der Waals surface area contributed by atoms with E-state index in [0.717, 1.165) is 5.56 Å². The number of benzene rings is 2. The molecule has 0 saturated heterocycles. The molecular formula is C28H24Cl2F2N6O. The van der Waals surface area contributed by atoms with Crippen molar-refractivity contribution in [2.24, 2.45) is 0 Å². The number of amides is 1. The number of rotatable bonds is 7. The molecule has 1 N–H and O–H groups in total. The molecule has 0 bridgehead atoms. The lowest BCUT2D eigenvalue weighted by Gasteiger charge is -2.10. The van der Waals surface area contributed by atoms with Gasteiger partial charge >= 0.3 is 0 Å². The van der Waals surface area contributed by atoms with Crippen molar-refractivity contribution in [1.82, 2.24) is 24.5 Å². The summed E-state index contributed by atoms with van der Waals surface area (Å²) in [5, 5.41) is 13.1. The first-order valence-electron chi connectivity index (χ1n) is 12.1. The number of aromatic nitrogens is 5. The SMILES string of the molecule is Cc1nn(Cc2c(Cl)cccc2Cl)c(C)c1NC(=O)Cn1nc(C)c2c(C(F)F)cc(-c3ccccc3)nc21. The molecule has 2 aromatic carbocycles. The van der Waals surface area contributed by atoms with Crippen molar-refractivity contribution in [3.63, 3.8) is 0 Å². The zero-order valence-electron chi connectivity index (χ0n) is 21.3. The van der Waals surface area contributed by atoms with E-state index in [2.05, 4.69) is 20.5 Å². The number of hydrogen-bond acceptors (Lipinski definition) is 4. The van der Waals surface area contributed by atoms with E-state index < -0.39 is 12.3 Å². The molecule has 39 heavy (non-hydrogen) atoms. The summed E-state index contributed by atoms with van der Waals surface area (Å²) in [6, 6.07) is 15.7. The molecule has 5 aromatic rings. The molecule has 7 nitrogen and oxygen atoms in total. The number of anilines is 1. The van der Waals surface area contributed by atoms with Crippen LogP contribution in [0.15, 0.2) is 54.6 Å². The third-order valence-electron chi connectivity index (χ3n) is 6.52. The van der Waals surface area contributed by atoms with Crippen LogP contribution in [0, 0.1) is 20.8 Å². The molecule has 0 aliphatic carbocycles. The molecule has 0 spiro atoms. The van der Waals surface area contributed by atoms with Crippen LogP contribution in [-0.4, -0.2) is 30.5 Å². The maximum Gasteiger partial charge on any atom is 0.264 e. The van der Waals surface area contributed by atoms with Gasteiger partial charge < -0.3 is 5.32 Å². The summed E-state index contributed by atoms with van der Waals surface area (Å²) in [6.45, 7) is 5.34. The molecule has 0 atom stereocenters. The Bertz CT molecular complexity index is 1680. The van der Waals surface area contributed by atoms with Crippen LogP contribution < -0.4 is 5.32 Å². The lowest BCUT2D eigenvalue weighted by atomic mass is 10.1. The van der Waals surface area contributed by atoms with Crippen LogP contribution >= 0.6 is 23.2 Å². The molecule has 3 aromatic heterocycles. The molecule has 3 heterocycles. The minimum atomic E-state index is -2.73. The Morgan fingerprint density at radius 1 is 0.949 bits per heavy atom. The summed E-state index contributed by atoms with van der Waals surface area (Å²) in [4.78, 5) is 17.8. The van der Waals surface area contributed by atoms with Crippen LogP contribution in [-0.2, 0) is 17.9 Å². The van der Waals surface area contributed by atoms with E-state index in [1.807, 2.05) is 25.1 Å². The standard InChI is InChI=1S/C28H24Cl2F2N6O/c1-15-25-19(27(31)32)12-23(18-8-5-4-6-9-18)33-28(25)38(35-15)14-24(39)34-26-16(2)36-37(17(26)3)13-20-21(29)10-7-11-22(20)30/h4-12,27H,13-14H2,1-3H3,(H,34,39). The summed E-state index contributed by atoms with van der Waals surface area (Å²) >= 11 is 12.7. The van der Waals surface area contributed by atoms with Gasteiger partial charge in [0.1, 0.15) is 6.54 Å². The van der Waals surface area contributed by atoms with Gasteiger partial charge in [0, 0.05) is 26.7 Å². The number of pyridine rings is 1. The Hall–Kier alpha value is -3.82. The second-order valence-corrected chi connectivity index (χ2v) is 9.97. The minimum absolute atomic E-state index is 0.172. The van der Waals surface area contributed by atoms with E-state index in [0.29, 0.717) is 50.6 Å². The van der Waals surface area contributed by atoms with Gasteiger partial charge in [-0.05, 0) is 39.0 Å². The predicted molar refractivity (Wildman–Crippen MR) is 149 cm³/mol. The minimum Gasteiger partial charge on any atom is -0.321 e. The Morgan fingerprint density at radius 3 is 2.28 bits per heavy atom. The van der Waals surface area contributed by atoms with Crippen molar-refractivity contribution in [1.29, 1.82) is 0 Å². The van der Waals surface area contributed by atoms with Crippen LogP contribution in [0.1, 0.15) is 34.6 Å². The summed E-state index contributed by atoms with van der Waals surface area (Å²) in [6.07, 6.45) is -2.73. The fourth-order valence-corrected chi connectivity index (χ4v) is 5.12. The number of carbonyl (C=O) groups is 1. The molecule has 11 heteroatoms. The molecule has 0 fully saturated rings. The Kier molecular flexibility index (Phi) is 7.38. The van der Waals surface area contributed by atoms with Gasteiger partial charge in [-0.15, -0.1) is 0 Å². The highest BCUT2D eigenvalue weighted by Crippen LogP contribution is 2.33. The van der Waals surface area contributed by atoms with Gasteiger partial charge in [-0.25, -0.2) is 18.4 Å². The van der Waals surface area contributed by atoms with Crippen molar-refractivity contribution < 1.29 is 13.6 Å². The smallest absolute Gasteiger partial charge is 0.264 e. The topological polar surface area (TPSA) is 77.6 Å². The molecule has 200 valence electrons. The molecule has 0 saturated carbocycles. The highest BCUT2D eigenvalue weighted by Gasteiger charge is 2.23. The Labute approximate surface area is 233 Å². The predicted octanol–water partition coefficient (Wildman–Crippen LogP) is 7.15. The maximum absolute atomic E-state index is 14.1. The lowest BCUT2D eigenvalue weighted by molar-refractivity contribution is -0.116. The Morgan fingerprint density at radius 2 is 1.62 bits per heavy atom. The molecule has 0 unspecified atom stereocenters. The second-order valence-electron chi connectivity index (χ2n) is 9.16. The number of nitrogens with zero attached hydrogens (tertiary/aromatic N) is 5.